The summed E-state index contributed by atoms with van der Waals surface area (Å²) in [5, 5.41) is 3.76. The van der Waals surface area contributed by atoms with Gasteiger partial charge in [0, 0.05) is 45.1 Å². The van der Waals surface area contributed by atoms with Crippen LogP contribution in [0.25, 0.3) is 0 Å². The van der Waals surface area contributed by atoms with Crippen LogP contribution in [0.2, 0.25) is 0 Å². The minimum absolute atomic E-state index is 0.568. The normalized spacial score (nSPS) is 21.7. The molecule has 2 heterocycles. The summed E-state index contributed by atoms with van der Waals surface area (Å²) in [7, 11) is 1.71. The van der Waals surface area contributed by atoms with Crippen molar-refractivity contribution in [1.82, 2.24) is 10.2 Å². The standard InChI is InChI=1S/C21H35N3O3/c1-25-14-15-26-17-18-10-12-24(16-18)21(23-19-6-3-2-4-7-19)22-11-9-20-8-5-13-27-20/h5,8,13,18-19H,2-4,6-7,9-12,14-17H2,1H3,(H,22,23). The van der Waals surface area contributed by atoms with E-state index in [2.05, 4.69) is 10.2 Å². The van der Waals surface area contributed by atoms with Gasteiger partial charge in [0.2, 0.25) is 0 Å². The van der Waals surface area contributed by atoms with Crippen LogP contribution in [-0.4, -0.2) is 63.5 Å². The molecule has 3 rings (SSSR count). The fraction of sp³-hybridized carbons (Fsp3) is 0.762. The molecule has 2 aliphatic rings. The third kappa shape index (κ3) is 6.85. The number of hydrogen-bond donors (Lipinski definition) is 1. The largest absolute Gasteiger partial charge is 0.469 e. The van der Waals surface area contributed by atoms with Crippen LogP contribution in [0.4, 0.5) is 0 Å². The molecule has 1 aromatic rings. The molecule has 1 saturated heterocycles. The smallest absolute Gasteiger partial charge is 0.194 e. The number of ether oxygens (including phenoxy) is 2. The average molecular weight is 378 g/mol. The van der Waals surface area contributed by atoms with Crippen LogP contribution in [0.3, 0.4) is 0 Å². The summed E-state index contributed by atoms with van der Waals surface area (Å²) in [4.78, 5) is 7.35. The molecule has 1 atom stereocenters. The van der Waals surface area contributed by atoms with Gasteiger partial charge in [-0.3, -0.25) is 4.99 Å². The van der Waals surface area contributed by atoms with Crippen molar-refractivity contribution in [2.24, 2.45) is 10.9 Å². The summed E-state index contributed by atoms with van der Waals surface area (Å²) in [6.45, 7) is 4.98. The van der Waals surface area contributed by atoms with E-state index in [-0.39, 0.29) is 0 Å². The molecule has 1 aliphatic heterocycles. The highest BCUT2D eigenvalue weighted by molar-refractivity contribution is 5.80. The van der Waals surface area contributed by atoms with Crippen molar-refractivity contribution in [2.45, 2.75) is 51.0 Å². The first-order chi connectivity index (χ1) is 13.3. The molecule has 6 heteroatoms. The summed E-state index contributed by atoms with van der Waals surface area (Å²) < 4.78 is 16.2. The van der Waals surface area contributed by atoms with Gasteiger partial charge in [-0.05, 0) is 31.4 Å². The Kier molecular flexibility index (Phi) is 8.49. The van der Waals surface area contributed by atoms with Crippen LogP contribution in [0.1, 0.15) is 44.3 Å². The van der Waals surface area contributed by atoms with E-state index in [1.807, 2.05) is 12.1 Å². The fourth-order valence-electron chi connectivity index (χ4n) is 3.95. The second kappa shape index (κ2) is 11.3. The Morgan fingerprint density at radius 3 is 2.93 bits per heavy atom. The third-order valence-electron chi connectivity index (χ3n) is 5.51. The Bertz CT molecular complexity index is 541. The second-order valence-corrected chi connectivity index (χ2v) is 7.68. The zero-order valence-corrected chi connectivity index (χ0v) is 16.7. The van der Waals surface area contributed by atoms with Crippen molar-refractivity contribution >= 4 is 5.96 Å². The van der Waals surface area contributed by atoms with Crippen molar-refractivity contribution < 1.29 is 13.9 Å². The van der Waals surface area contributed by atoms with Crippen LogP contribution < -0.4 is 5.32 Å². The Morgan fingerprint density at radius 2 is 2.15 bits per heavy atom. The lowest BCUT2D eigenvalue weighted by atomic mass is 9.96. The highest BCUT2D eigenvalue weighted by atomic mass is 16.5. The van der Waals surface area contributed by atoms with Gasteiger partial charge >= 0.3 is 0 Å². The van der Waals surface area contributed by atoms with E-state index in [1.165, 1.54) is 32.1 Å². The lowest BCUT2D eigenvalue weighted by Gasteiger charge is -2.29. The summed E-state index contributed by atoms with van der Waals surface area (Å²) in [6.07, 6.45) is 10.3. The summed E-state index contributed by atoms with van der Waals surface area (Å²) in [5.74, 6) is 2.65. The molecule has 1 aliphatic carbocycles. The molecular formula is C21H35N3O3. The SMILES string of the molecule is COCCOCC1CCN(C(=NCCc2ccco2)NC2CCCCC2)C1. The number of furan rings is 1. The van der Waals surface area contributed by atoms with Crippen LogP contribution >= 0.6 is 0 Å². The van der Waals surface area contributed by atoms with E-state index in [1.54, 1.807) is 13.4 Å². The molecule has 0 amide bonds. The second-order valence-electron chi connectivity index (χ2n) is 7.68. The predicted molar refractivity (Wildman–Crippen MR) is 107 cm³/mol. The molecule has 0 aromatic carbocycles. The number of rotatable bonds is 9. The highest BCUT2D eigenvalue weighted by Crippen LogP contribution is 2.20. The molecule has 1 saturated carbocycles. The predicted octanol–water partition coefficient (Wildman–Crippen LogP) is 3.09. The first kappa shape index (κ1) is 20.2. The zero-order chi connectivity index (χ0) is 18.7. The lowest BCUT2D eigenvalue weighted by molar-refractivity contribution is 0.0536. The van der Waals surface area contributed by atoms with Crippen LogP contribution in [0, 0.1) is 5.92 Å². The van der Waals surface area contributed by atoms with E-state index in [0.717, 1.165) is 50.8 Å². The molecule has 0 bridgehead atoms. The minimum Gasteiger partial charge on any atom is -0.469 e. The van der Waals surface area contributed by atoms with Gasteiger partial charge in [0.1, 0.15) is 5.76 Å². The summed E-state index contributed by atoms with van der Waals surface area (Å²) in [5.41, 5.74) is 0. The Hall–Kier alpha value is -1.53. The van der Waals surface area contributed by atoms with Gasteiger partial charge in [-0.1, -0.05) is 19.3 Å². The van der Waals surface area contributed by atoms with Crippen molar-refractivity contribution in [3.05, 3.63) is 24.2 Å². The molecule has 1 N–H and O–H groups in total. The van der Waals surface area contributed by atoms with Crippen molar-refractivity contribution in [3.63, 3.8) is 0 Å². The van der Waals surface area contributed by atoms with Gasteiger partial charge in [-0.25, -0.2) is 0 Å². The fourth-order valence-corrected chi connectivity index (χ4v) is 3.95. The number of methoxy groups -OCH3 is 1. The third-order valence-corrected chi connectivity index (χ3v) is 5.51. The monoisotopic (exact) mass is 377 g/mol. The van der Waals surface area contributed by atoms with Gasteiger partial charge in [0.05, 0.1) is 26.1 Å². The molecule has 0 radical (unpaired) electrons. The molecular weight excluding hydrogens is 342 g/mol. The van der Waals surface area contributed by atoms with E-state index >= 15 is 0 Å². The van der Waals surface area contributed by atoms with Crippen LogP contribution in [-0.2, 0) is 15.9 Å². The quantitative estimate of drug-likeness (QED) is 0.407. The molecule has 1 aromatic heterocycles. The van der Waals surface area contributed by atoms with Gasteiger partial charge in [-0.2, -0.15) is 0 Å². The average Bonchev–Trinajstić information content (AvgIpc) is 3.37. The Balaban J connectivity index is 1.52. The lowest BCUT2D eigenvalue weighted by Crippen LogP contribution is -2.46. The first-order valence-electron chi connectivity index (χ1n) is 10.5. The van der Waals surface area contributed by atoms with Crippen molar-refractivity contribution in [3.8, 4) is 0 Å². The van der Waals surface area contributed by atoms with E-state index < -0.39 is 0 Å². The minimum atomic E-state index is 0.568. The topological polar surface area (TPSA) is 59.2 Å². The Morgan fingerprint density at radius 1 is 1.26 bits per heavy atom. The number of likely N-dealkylation sites (tertiary alicyclic amines) is 1. The molecule has 27 heavy (non-hydrogen) atoms. The number of hydrogen-bond acceptors (Lipinski definition) is 4. The van der Waals surface area contributed by atoms with Crippen molar-refractivity contribution in [1.29, 1.82) is 0 Å². The van der Waals surface area contributed by atoms with E-state index in [4.69, 9.17) is 18.9 Å². The summed E-state index contributed by atoms with van der Waals surface area (Å²) in [6, 6.07) is 4.53. The van der Waals surface area contributed by atoms with Crippen LogP contribution in [0.15, 0.2) is 27.8 Å². The number of nitrogens with zero attached hydrogens (tertiary/aromatic N) is 2. The molecule has 0 spiro atoms. The van der Waals surface area contributed by atoms with E-state index in [9.17, 15) is 0 Å². The molecule has 2 fully saturated rings. The van der Waals surface area contributed by atoms with Crippen molar-refractivity contribution in [2.75, 3.05) is 46.6 Å². The molecule has 152 valence electrons. The number of guanidine groups is 1. The first-order valence-corrected chi connectivity index (χ1v) is 10.5. The highest BCUT2D eigenvalue weighted by Gasteiger charge is 2.26. The molecule has 1 unspecified atom stereocenters. The van der Waals surface area contributed by atoms with Gasteiger partial charge in [-0.15, -0.1) is 0 Å². The molecule has 6 nitrogen and oxygen atoms in total. The maximum absolute atomic E-state index is 5.74. The van der Waals surface area contributed by atoms with Gasteiger partial charge in [0.25, 0.3) is 0 Å². The Labute approximate surface area is 163 Å². The number of aliphatic imine (C=N–C) groups is 1. The zero-order valence-electron chi connectivity index (χ0n) is 16.7. The maximum Gasteiger partial charge on any atom is 0.194 e. The van der Waals surface area contributed by atoms with E-state index in [0.29, 0.717) is 25.2 Å². The number of nitrogens with one attached hydrogen (secondary N) is 1. The van der Waals surface area contributed by atoms with Gasteiger partial charge < -0.3 is 24.1 Å². The summed E-state index contributed by atoms with van der Waals surface area (Å²) >= 11 is 0. The van der Waals surface area contributed by atoms with Crippen LogP contribution in [0.5, 0.6) is 0 Å². The maximum atomic E-state index is 5.74. The van der Waals surface area contributed by atoms with Gasteiger partial charge in [0.15, 0.2) is 5.96 Å².